The summed E-state index contributed by atoms with van der Waals surface area (Å²) in [6, 6.07) is 49.2. The van der Waals surface area contributed by atoms with Crippen LogP contribution in [0.1, 0.15) is 49.9 Å². The molecular weight excluding hydrogens is 546 g/mol. The molecule has 0 saturated heterocycles. The van der Waals surface area contributed by atoms with E-state index in [-0.39, 0.29) is 10.8 Å². The molecule has 2 aliphatic heterocycles. The summed E-state index contributed by atoms with van der Waals surface area (Å²) in [6.45, 7) is 9.35. The molecule has 3 heterocycles. The van der Waals surface area contributed by atoms with E-state index < -0.39 is 0 Å². The van der Waals surface area contributed by atoms with Crippen molar-refractivity contribution in [2.45, 2.75) is 38.5 Å². The summed E-state index contributed by atoms with van der Waals surface area (Å²) in [7, 11) is 0. The Hall–Kier alpha value is -5.28. The number of aromatic amines is 1. The monoisotopic (exact) mass is 581 g/mol. The molecule has 0 radical (unpaired) electrons. The van der Waals surface area contributed by atoms with Crippen LogP contribution < -0.4 is 9.80 Å². The minimum Gasteiger partial charge on any atom is -0.355 e. The fraction of sp³-hybridized carbons (Fsp3) is 0.143. The van der Waals surface area contributed by atoms with Crippen molar-refractivity contribution in [2.24, 2.45) is 0 Å². The quantitative estimate of drug-likeness (QED) is 0.219. The van der Waals surface area contributed by atoms with E-state index in [1.165, 1.54) is 67.2 Å². The Morgan fingerprint density at radius 1 is 0.400 bits per heavy atom. The first kappa shape index (κ1) is 26.2. The summed E-state index contributed by atoms with van der Waals surface area (Å²) in [4.78, 5) is 8.59. The van der Waals surface area contributed by atoms with Gasteiger partial charge >= 0.3 is 0 Å². The molecule has 3 heteroatoms. The highest BCUT2D eigenvalue weighted by atomic mass is 15.2. The number of para-hydroxylation sites is 4. The Bertz CT molecular complexity index is 2040. The SMILES string of the molecule is CC1(C)c2ccccc2N(c2ccc3[nH]c4ccc(N5c6ccccc6C(C)(C)c6ccccc65)cc4c3c2)c2ccccc21. The first-order chi connectivity index (χ1) is 21.8. The highest BCUT2D eigenvalue weighted by Crippen LogP contribution is 2.54. The van der Waals surface area contributed by atoms with Crippen LogP contribution in [0.2, 0.25) is 0 Å². The first-order valence-corrected chi connectivity index (χ1v) is 15.9. The van der Waals surface area contributed by atoms with Crippen molar-refractivity contribution in [2.75, 3.05) is 9.80 Å². The van der Waals surface area contributed by atoms with E-state index in [1.54, 1.807) is 0 Å². The molecule has 45 heavy (non-hydrogen) atoms. The molecule has 0 aliphatic carbocycles. The van der Waals surface area contributed by atoms with Crippen molar-refractivity contribution >= 4 is 55.9 Å². The van der Waals surface area contributed by atoms with Gasteiger partial charge in [-0.05, 0) is 82.9 Å². The zero-order chi connectivity index (χ0) is 30.5. The van der Waals surface area contributed by atoms with E-state index in [0.29, 0.717) is 0 Å². The second-order valence-electron chi connectivity index (χ2n) is 13.6. The molecule has 9 rings (SSSR count). The maximum absolute atomic E-state index is 3.70. The molecule has 0 saturated carbocycles. The topological polar surface area (TPSA) is 22.3 Å². The fourth-order valence-corrected chi connectivity index (χ4v) is 8.05. The van der Waals surface area contributed by atoms with Gasteiger partial charge in [0.2, 0.25) is 0 Å². The normalized spacial score (nSPS) is 15.8. The van der Waals surface area contributed by atoms with Gasteiger partial charge in [0.05, 0.1) is 22.7 Å². The molecule has 7 aromatic rings. The zero-order valence-corrected chi connectivity index (χ0v) is 26.1. The second kappa shape index (κ2) is 9.12. The molecular formula is C42H35N3. The summed E-state index contributed by atoms with van der Waals surface area (Å²) in [5.41, 5.74) is 14.8. The molecule has 0 bridgehead atoms. The van der Waals surface area contributed by atoms with Gasteiger partial charge < -0.3 is 14.8 Å². The average Bonchev–Trinajstić information content (AvgIpc) is 3.43. The number of hydrogen-bond donors (Lipinski definition) is 1. The molecule has 1 aromatic heterocycles. The predicted octanol–water partition coefficient (Wildman–Crippen LogP) is 11.5. The molecule has 0 unspecified atom stereocenters. The standard InChI is InChI=1S/C42H35N3/c1-41(2)31-13-5-9-17-37(31)44(38-18-10-6-14-32(38)41)27-21-23-35-29(25-27)30-26-28(22-24-36(30)43-35)45-39-19-11-7-15-33(39)42(3,4)34-16-8-12-20-40(34)45/h5-26,43H,1-4H3. The van der Waals surface area contributed by atoms with E-state index in [1.807, 2.05) is 0 Å². The first-order valence-electron chi connectivity index (χ1n) is 15.9. The largest absolute Gasteiger partial charge is 0.355 e. The molecule has 0 atom stereocenters. The number of benzene rings is 6. The van der Waals surface area contributed by atoms with Crippen molar-refractivity contribution in [3.63, 3.8) is 0 Å². The number of fused-ring (bicyclic) bond motifs is 7. The third-order valence-corrected chi connectivity index (χ3v) is 10.4. The van der Waals surface area contributed by atoms with Crippen molar-refractivity contribution in [3.05, 3.63) is 156 Å². The number of H-pyrrole nitrogens is 1. The number of anilines is 6. The van der Waals surface area contributed by atoms with E-state index in [2.05, 4.69) is 176 Å². The van der Waals surface area contributed by atoms with Gasteiger partial charge in [0.15, 0.2) is 0 Å². The summed E-state index contributed by atoms with van der Waals surface area (Å²) in [6.07, 6.45) is 0. The van der Waals surface area contributed by atoms with Crippen molar-refractivity contribution in [1.82, 2.24) is 4.98 Å². The second-order valence-corrected chi connectivity index (χ2v) is 13.6. The van der Waals surface area contributed by atoms with Crippen LogP contribution in [0.4, 0.5) is 34.1 Å². The van der Waals surface area contributed by atoms with E-state index in [9.17, 15) is 0 Å². The zero-order valence-electron chi connectivity index (χ0n) is 26.1. The van der Waals surface area contributed by atoms with Crippen LogP contribution in [0.15, 0.2) is 133 Å². The Morgan fingerprint density at radius 2 is 0.711 bits per heavy atom. The van der Waals surface area contributed by atoms with Crippen LogP contribution in [-0.4, -0.2) is 4.98 Å². The number of rotatable bonds is 2. The van der Waals surface area contributed by atoms with E-state index in [4.69, 9.17) is 0 Å². The highest BCUT2D eigenvalue weighted by molar-refractivity contribution is 6.10. The smallest absolute Gasteiger partial charge is 0.0502 e. The Kier molecular flexibility index (Phi) is 5.30. The molecule has 3 nitrogen and oxygen atoms in total. The molecule has 218 valence electrons. The third kappa shape index (κ3) is 3.58. The lowest BCUT2D eigenvalue weighted by atomic mass is 9.73. The molecule has 6 aromatic carbocycles. The van der Waals surface area contributed by atoms with Crippen LogP contribution in [-0.2, 0) is 10.8 Å². The van der Waals surface area contributed by atoms with Crippen LogP contribution in [0.5, 0.6) is 0 Å². The molecule has 0 spiro atoms. The molecule has 0 amide bonds. The van der Waals surface area contributed by atoms with Crippen molar-refractivity contribution in [3.8, 4) is 0 Å². The highest BCUT2D eigenvalue weighted by Gasteiger charge is 2.38. The number of nitrogens with one attached hydrogen (secondary N) is 1. The molecule has 2 aliphatic rings. The van der Waals surface area contributed by atoms with Gasteiger partial charge in [-0.3, -0.25) is 0 Å². The van der Waals surface area contributed by atoms with Gasteiger partial charge in [0.25, 0.3) is 0 Å². The van der Waals surface area contributed by atoms with Crippen LogP contribution in [0, 0.1) is 0 Å². The Morgan fingerprint density at radius 3 is 1.04 bits per heavy atom. The maximum Gasteiger partial charge on any atom is 0.0502 e. The molecule has 0 fully saturated rings. The summed E-state index contributed by atoms with van der Waals surface area (Å²) in [5, 5.41) is 2.45. The summed E-state index contributed by atoms with van der Waals surface area (Å²) in [5.74, 6) is 0. The van der Waals surface area contributed by atoms with E-state index >= 15 is 0 Å². The average molecular weight is 582 g/mol. The lowest BCUT2D eigenvalue weighted by Gasteiger charge is -2.42. The van der Waals surface area contributed by atoms with Gasteiger partial charge in [-0.15, -0.1) is 0 Å². The lowest BCUT2D eigenvalue weighted by Crippen LogP contribution is -2.30. The number of hydrogen-bond acceptors (Lipinski definition) is 2. The van der Waals surface area contributed by atoms with Gasteiger partial charge in [-0.1, -0.05) is 100 Å². The van der Waals surface area contributed by atoms with Gasteiger partial charge in [-0.25, -0.2) is 0 Å². The lowest BCUT2D eigenvalue weighted by molar-refractivity contribution is 0.632. The minimum atomic E-state index is -0.0843. The van der Waals surface area contributed by atoms with Gasteiger partial charge in [0, 0.05) is 44.0 Å². The van der Waals surface area contributed by atoms with Gasteiger partial charge in [-0.2, -0.15) is 0 Å². The van der Waals surface area contributed by atoms with Crippen LogP contribution in [0.25, 0.3) is 21.8 Å². The summed E-state index contributed by atoms with van der Waals surface area (Å²) >= 11 is 0. The van der Waals surface area contributed by atoms with Gasteiger partial charge in [0.1, 0.15) is 0 Å². The Balaban J connectivity index is 1.25. The molecule has 1 N–H and O–H groups in total. The maximum atomic E-state index is 3.70. The van der Waals surface area contributed by atoms with Crippen molar-refractivity contribution < 1.29 is 0 Å². The van der Waals surface area contributed by atoms with Crippen LogP contribution >= 0.6 is 0 Å². The number of nitrogens with zero attached hydrogens (tertiary/aromatic N) is 2. The van der Waals surface area contributed by atoms with Crippen LogP contribution in [0.3, 0.4) is 0 Å². The Labute approximate surface area is 264 Å². The minimum absolute atomic E-state index is 0.0843. The number of aromatic nitrogens is 1. The third-order valence-electron chi connectivity index (χ3n) is 10.4. The van der Waals surface area contributed by atoms with E-state index in [0.717, 1.165) is 11.0 Å². The van der Waals surface area contributed by atoms with Crippen molar-refractivity contribution in [1.29, 1.82) is 0 Å². The summed E-state index contributed by atoms with van der Waals surface area (Å²) < 4.78 is 0. The predicted molar refractivity (Wildman–Crippen MR) is 189 cm³/mol. The fourth-order valence-electron chi connectivity index (χ4n) is 8.05.